The van der Waals surface area contributed by atoms with Crippen molar-refractivity contribution in [3.05, 3.63) is 29.8 Å². The second-order valence-corrected chi connectivity index (χ2v) is 3.07. The Kier molecular flexibility index (Phi) is 3.45. The number of hydrogen-bond acceptors (Lipinski definition) is 2. The maximum Gasteiger partial charge on any atom is 0.122 e. The molecule has 1 rings (SSSR count). The van der Waals surface area contributed by atoms with E-state index >= 15 is 0 Å². The average molecular weight is 195 g/mol. The number of nitrogens with one attached hydrogen (secondary N) is 1. The van der Waals surface area contributed by atoms with Crippen LogP contribution >= 0.6 is 0 Å². The normalized spacial score (nSPS) is 9.86. The molecule has 0 fully saturated rings. The predicted octanol–water partition coefficient (Wildman–Crippen LogP) is 1.38. The Bertz CT molecular complexity index is 325. The van der Waals surface area contributed by atoms with Crippen molar-refractivity contribution in [3.63, 3.8) is 0 Å². The van der Waals surface area contributed by atoms with E-state index in [0.29, 0.717) is 12.1 Å². The van der Waals surface area contributed by atoms with Crippen molar-refractivity contribution >= 4 is 11.5 Å². The van der Waals surface area contributed by atoms with Crippen LogP contribution in [0.5, 0.6) is 0 Å². The lowest BCUT2D eigenvalue weighted by Gasteiger charge is -2.17. The Labute approximate surface area is 82.8 Å². The standard InChI is InChI=1S/C10H14FN3/c1-14(6-5-11)9-4-2-3-8(7-9)10(12)13/h2-4,7H,5-6H2,1H3,(H3,12,13). The minimum absolute atomic E-state index is 0.0282. The third-order valence-electron chi connectivity index (χ3n) is 2.02. The maximum absolute atomic E-state index is 12.1. The molecule has 14 heavy (non-hydrogen) atoms. The summed E-state index contributed by atoms with van der Waals surface area (Å²) in [5.41, 5.74) is 6.88. The zero-order chi connectivity index (χ0) is 10.6. The summed E-state index contributed by atoms with van der Waals surface area (Å²) in [7, 11) is 1.80. The Hall–Kier alpha value is -1.58. The number of rotatable bonds is 4. The lowest BCUT2D eigenvalue weighted by molar-refractivity contribution is 0.497. The van der Waals surface area contributed by atoms with Crippen LogP contribution in [0.25, 0.3) is 0 Å². The molecule has 76 valence electrons. The second kappa shape index (κ2) is 4.60. The molecule has 0 aromatic heterocycles. The van der Waals surface area contributed by atoms with E-state index in [1.165, 1.54) is 0 Å². The summed E-state index contributed by atoms with van der Waals surface area (Å²) in [6.07, 6.45) is 0. The van der Waals surface area contributed by atoms with Crippen LogP contribution in [-0.2, 0) is 0 Å². The number of nitrogen functional groups attached to an aromatic ring is 1. The fourth-order valence-corrected chi connectivity index (χ4v) is 1.17. The zero-order valence-corrected chi connectivity index (χ0v) is 8.13. The van der Waals surface area contributed by atoms with Gasteiger partial charge in [-0.15, -0.1) is 0 Å². The van der Waals surface area contributed by atoms with Gasteiger partial charge in [-0.2, -0.15) is 0 Å². The highest BCUT2D eigenvalue weighted by atomic mass is 19.1. The fourth-order valence-electron chi connectivity index (χ4n) is 1.17. The lowest BCUT2D eigenvalue weighted by Crippen LogP contribution is -2.20. The molecular weight excluding hydrogens is 181 g/mol. The summed E-state index contributed by atoms with van der Waals surface area (Å²) >= 11 is 0. The van der Waals surface area contributed by atoms with Crippen LogP contribution in [0.2, 0.25) is 0 Å². The molecule has 0 aliphatic rings. The summed E-state index contributed by atoms with van der Waals surface area (Å²) in [6, 6.07) is 7.20. The number of hydrogen-bond donors (Lipinski definition) is 2. The summed E-state index contributed by atoms with van der Waals surface area (Å²) in [4.78, 5) is 1.78. The van der Waals surface area contributed by atoms with Crippen molar-refractivity contribution in [2.75, 3.05) is 25.2 Å². The molecule has 0 aliphatic carbocycles. The zero-order valence-electron chi connectivity index (χ0n) is 8.13. The maximum atomic E-state index is 12.1. The van der Waals surface area contributed by atoms with Crippen LogP contribution in [0, 0.1) is 5.41 Å². The van der Waals surface area contributed by atoms with Gasteiger partial charge < -0.3 is 10.6 Å². The lowest BCUT2D eigenvalue weighted by atomic mass is 10.2. The number of benzene rings is 1. The monoisotopic (exact) mass is 195 g/mol. The van der Waals surface area contributed by atoms with Crippen LogP contribution in [0.1, 0.15) is 5.56 Å². The van der Waals surface area contributed by atoms with E-state index in [9.17, 15) is 4.39 Å². The first-order valence-corrected chi connectivity index (χ1v) is 4.36. The molecule has 0 spiro atoms. The molecule has 0 heterocycles. The Morgan fingerprint density at radius 1 is 1.57 bits per heavy atom. The third kappa shape index (κ3) is 2.45. The molecule has 0 amide bonds. The van der Waals surface area contributed by atoms with Crippen LogP contribution in [0.3, 0.4) is 0 Å². The van der Waals surface area contributed by atoms with Crippen molar-refractivity contribution in [1.82, 2.24) is 0 Å². The van der Waals surface area contributed by atoms with Gasteiger partial charge in [0.15, 0.2) is 0 Å². The molecule has 3 nitrogen and oxygen atoms in total. The van der Waals surface area contributed by atoms with Crippen LogP contribution in [0.4, 0.5) is 10.1 Å². The van der Waals surface area contributed by atoms with Gasteiger partial charge in [0.1, 0.15) is 12.5 Å². The van der Waals surface area contributed by atoms with E-state index in [4.69, 9.17) is 11.1 Å². The van der Waals surface area contributed by atoms with Crippen molar-refractivity contribution < 1.29 is 4.39 Å². The number of anilines is 1. The fraction of sp³-hybridized carbons (Fsp3) is 0.300. The van der Waals surface area contributed by atoms with Gasteiger partial charge in [-0.25, -0.2) is 4.39 Å². The number of halogens is 1. The quantitative estimate of drug-likeness (QED) is 0.563. The number of amidine groups is 1. The van der Waals surface area contributed by atoms with Gasteiger partial charge in [0.2, 0.25) is 0 Å². The molecule has 0 saturated heterocycles. The van der Waals surface area contributed by atoms with Gasteiger partial charge in [-0.05, 0) is 12.1 Å². The molecule has 0 unspecified atom stereocenters. The van der Waals surface area contributed by atoms with E-state index < -0.39 is 0 Å². The van der Waals surface area contributed by atoms with E-state index in [2.05, 4.69) is 0 Å². The van der Waals surface area contributed by atoms with Gasteiger partial charge in [-0.1, -0.05) is 12.1 Å². The Morgan fingerprint density at radius 3 is 2.86 bits per heavy atom. The molecule has 4 heteroatoms. The first-order valence-electron chi connectivity index (χ1n) is 4.36. The van der Waals surface area contributed by atoms with E-state index in [0.717, 1.165) is 5.69 Å². The number of nitrogens with two attached hydrogens (primary N) is 1. The van der Waals surface area contributed by atoms with Crippen molar-refractivity contribution in [3.8, 4) is 0 Å². The highest BCUT2D eigenvalue weighted by Crippen LogP contribution is 2.14. The number of alkyl halides is 1. The van der Waals surface area contributed by atoms with Crippen LogP contribution in [0.15, 0.2) is 24.3 Å². The SMILES string of the molecule is CN(CCF)c1cccc(C(=N)N)c1. The molecule has 0 bridgehead atoms. The molecule has 0 saturated carbocycles. The van der Waals surface area contributed by atoms with E-state index in [1.54, 1.807) is 30.1 Å². The Morgan fingerprint density at radius 2 is 2.29 bits per heavy atom. The first kappa shape index (κ1) is 10.5. The van der Waals surface area contributed by atoms with Crippen molar-refractivity contribution in [2.24, 2.45) is 5.73 Å². The molecule has 0 atom stereocenters. The van der Waals surface area contributed by atoms with E-state index in [1.807, 2.05) is 6.07 Å². The summed E-state index contributed by atoms with van der Waals surface area (Å²) < 4.78 is 12.1. The largest absolute Gasteiger partial charge is 0.384 e. The Balaban J connectivity index is 2.87. The van der Waals surface area contributed by atoms with E-state index in [-0.39, 0.29) is 12.5 Å². The molecule has 3 N–H and O–H groups in total. The molecular formula is C10H14FN3. The third-order valence-corrected chi connectivity index (χ3v) is 2.02. The first-order chi connectivity index (χ1) is 6.65. The van der Waals surface area contributed by atoms with Gasteiger partial charge in [0.05, 0.1) is 0 Å². The van der Waals surface area contributed by atoms with Gasteiger partial charge in [-0.3, -0.25) is 5.41 Å². The van der Waals surface area contributed by atoms with Crippen LogP contribution < -0.4 is 10.6 Å². The minimum Gasteiger partial charge on any atom is -0.384 e. The topological polar surface area (TPSA) is 53.1 Å². The van der Waals surface area contributed by atoms with Gasteiger partial charge in [0, 0.05) is 24.8 Å². The second-order valence-electron chi connectivity index (χ2n) is 3.07. The van der Waals surface area contributed by atoms with Crippen molar-refractivity contribution in [1.29, 1.82) is 5.41 Å². The number of nitrogens with zero attached hydrogens (tertiary/aromatic N) is 1. The van der Waals surface area contributed by atoms with Gasteiger partial charge >= 0.3 is 0 Å². The van der Waals surface area contributed by atoms with Gasteiger partial charge in [0.25, 0.3) is 0 Å². The molecule has 0 radical (unpaired) electrons. The predicted molar refractivity (Wildman–Crippen MR) is 56.7 cm³/mol. The summed E-state index contributed by atoms with van der Waals surface area (Å²) in [6.45, 7) is -0.0395. The molecule has 1 aromatic carbocycles. The molecule has 1 aromatic rings. The average Bonchev–Trinajstić information content (AvgIpc) is 2.18. The van der Waals surface area contributed by atoms with Crippen LogP contribution in [-0.4, -0.2) is 26.1 Å². The highest BCUT2D eigenvalue weighted by Gasteiger charge is 2.02. The molecule has 0 aliphatic heterocycles. The summed E-state index contributed by atoms with van der Waals surface area (Å²) in [5, 5.41) is 7.26. The highest BCUT2D eigenvalue weighted by molar-refractivity contribution is 5.95. The van der Waals surface area contributed by atoms with Crippen molar-refractivity contribution in [2.45, 2.75) is 0 Å². The summed E-state index contributed by atoms with van der Waals surface area (Å²) in [5.74, 6) is 0.0282. The smallest absolute Gasteiger partial charge is 0.122 e. The minimum atomic E-state index is -0.388.